The molecule has 1 N–H and O–H groups in total. The van der Waals surface area contributed by atoms with Gasteiger partial charge < -0.3 is 14.6 Å². The minimum Gasteiger partial charge on any atom is -0.383 e. The van der Waals surface area contributed by atoms with Crippen molar-refractivity contribution >= 4 is 10.9 Å². The number of aromatic nitrogens is 1. The van der Waals surface area contributed by atoms with Gasteiger partial charge in [-0.25, -0.2) is 0 Å². The Kier molecular flexibility index (Phi) is 4.35. The minimum absolute atomic E-state index is 0.393. The quantitative estimate of drug-likeness (QED) is 0.788. The maximum absolute atomic E-state index is 8.77. The zero-order chi connectivity index (χ0) is 12.8. The summed E-state index contributed by atoms with van der Waals surface area (Å²) in [4.78, 5) is 0. The second kappa shape index (κ2) is 6.20. The van der Waals surface area contributed by atoms with Gasteiger partial charge in [-0.2, -0.15) is 5.26 Å². The third-order valence-corrected chi connectivity index (χ3v) is 2.89. The number of hydrogen-bond donors (Lipinski definition) is 1. The molecule has 2 rings (SSSR count). The fourth-order valence-corrected chi connectivity index (χ4v) is 1.96. The summed E-state index contributed by atoms with van der Waals surface area (Å²) in [5, 5.41) is 13.3. The topological polar surface area (TPSA) is 50.0 Å². The second-order valence-electron chi connectivity index (χ2n) is 4.16. The Hall–Kier alpha value is -1.83. The molecule has 0 aliphatic rings. The van der Waals surface area contributed by atoms with Crippen molar-refractivity contribution in [2.45, 2.75) is 13.1 Å². The number of ether oxygens (including phenoxy) is 1. The summed E-state index contributed by atoms with van der Waals surface area (Å²) in [6.07, 6.45) is 1.95. The van der Waals surface area contributed by atoms with Crippen LogP contribution in [0.3, 0.4) is 0 Å². The number of rotatable bonds is 6. The zero-order valence-corrected chi connectivity index (χ0v) is 10.5. The maximum Gasteiger partial charge on any atom is 0.110 e. The fourth-order valence-electron chi connectivity index (χ4n) is 1.96. The number of methoxy groups -OCH3 is 1. The van der Waals surface area contributed by atoms with Gasteiger partial charge in [0.15, 0.2) is 0 Å². The van der Waals surface area contributed by atoms with Crippen molar-refractivity contribution in [1.82, 2.24) is 9.88 Å². The van der Waals surface area contributed by atoms with Crippen LogP contribution in [0, 0.1) is 11.3 Å². The van der Waals surface area contributed by atoms with Gasteiger partial charge in [0.25, 0.3) is 0 Å². The summed E-state index contributed by atoms with van der Waals surface area (Å²) in [5.74, 6) is 0. The van der Waals surface area contributed by atoms with Gasteiger partial charge in [-0.15, -0.1) is 0 Å². The van der Waals surface area contributed by atoms with Crippen molar-refractivity contribution in [3.8, 4) is 6.07 Å². The molecular weight excluding hydrogens is 226 g/mol. The molecule has 0 amide bonds. The van der Waals surface area contributed by atoms with Crippen LogP contribution in [0.1, 0.15) is 5.56 Å². The molecule has 1 heterocycles. The molecule has 1 aromatic carbocycles. The van der Waals surface area contributed by atoms with E-state index in [4.69, 9.17) is 10.00 Å². The molecule has 2 aromatic rings. The molecule has 0 aliphatic heterocycles. The first-order valence-electron chi connectivity index (χ1n) is 5.99. The van der Waals surface area contributed by atoms with E-state index in [-0.39, 0.29) is 0 Å². The first-order chi connectivity index (χ1) is 8.85. The van der Waals surface area contributed by atoms with E-state index in [0.717, 1.165) is 18.6 Å². The molecular formula is C14H17N3O. The molecule has 0 aliphatic carbocycles. The molecule has 0 atom stereocenters. The number of benzene rings is 1. The summed E-state index contributed by atoms with van der Waals surface area (Å²) in [6.45, 7) is 2.77. The van der Waals surface area contributed by atoms with Crippen molar-refractivity contribution in [2.24, 2.45) is 0 Å². The highest BCUT2D eigenvalue weighted by Gasteiger charge is 2.01. The van der Waals surface area contributed by atoms with Crippen LogP contribution < -0.4 is 5.32 Å². The summed E-state index contributed by atoms with van der Waals surface area (Å²) in [6, 6.07) is 10.5. The number of nitrogens with one attached hydrogen (secondary N) is 1. The lowest BCUT2D eigenvalue weighted by molar-refractivity contribution is 0.199. The van der Waals surface area contributed by atoms with Crippen LogP contribution in [0.5, 0.6) is 0 Å². The molecule has 0 saturated carbocycles. The van der Waals surface area contributed by atoms with Crippen LogP contribution in [0.25, 0.3) is 10.9 Å². The van der Waals surface area contributed by atoms with E-state index >= 15 is 0 Å². The van der Waals surface area contributed by atoms with E-state index < -0.39 is 0 Å². The van der Waals surface area contributed by atoms with Gasteiger partial charge in [-0.05, 0) is 23.1 Å². The van der Waals surface area contributed by atoms with Crippen molar-refractivity contribution in [1.29, 1.82) is 5.26 Å². The molecule has 18 heavy (non-hydrogen) atoms. The average Bonchev–Trinajstić information content (AvgIpc) is 2.78. The predicted octanol–water partition coefficient (Wildman–Crippen LogP) is 1.90. The highest BCUT2D eigenvalue weighted by molar-refractivity contribution is 5.80. The van der Waals surface area contributed by atoms with E-state index in [9.17, 15) is 0 Å². The summed E-state index contributed by atoms with van der Waals surface area (Å²) in [5.41, 5.74) is 2.33. The third-order valence-electron chi connectivity index (χ3n) is 2.89. The Morgan fingerprint density at radius 3 is 3.06 bits per heavy atom. The normalized spacial score (nSPS) is 10.7. The Labute approximate surface area is 107 Å². The fraction of sp³-hybridized carbons (Fsp3) is 0.357. The lowest BCUT2D eigenvalue weighted by Crippen LogP contribution is -2.18. The Morgan fingerprint density at radius 2 is 2.28 bits per heavy atom. The van der Waals surface area contributed by atoms with E-state index in [2.05, 4.69) is 29.6 Å². The Morgan fingerprint density at radius 1 is 1.39 bits per heavy atom. The molecule has 94 valence electrons. The summed E-state index contributed by atoms with van der Waals surface area (Å²) < 4.78 is 6.95. The highest BCUT2D eigenvalue weighted by Crippen LogP contribution is 2.17. The largest absolute Gasteiger partial charge is 0.383 e. The molecule has 0 bridgehead atoms. The van der Waals surface area contributed by atoms with Gasteiger partial charge in [-0.1, -0.05) is 12.1 Å². The van der Waals surface area contributed by atoms with Crippen LogP contribution >= 0.6 is 0 Å². The molecule has 0 saturated heterocycles. The molecule has 0 unspecified atom stereocenters. The summed E-state index contributed by atoms with van der Waals surface area (Å²) >= 11 is 0. The number of nitrogens with zero attached hydrogens (tertiary/aromatic N) is 2. The highest BCUT2D eigenvalue weighted by atomic mass is 16.5. The molecule has 0 fully saturated rings. The van der Waals surface area contributed by atoms with Crippen molar-refractivity contribution in [2.75, 3.05) is 20.3 Å². The number of hydrogen-bond acceptors (Lipinski definition) is 3. The zero-order valence-electron chi connectivity index (χ0n) is 10.5. The van der Waals surface area contributed by atoms with Crippen molar-refractivity contribution in [3.63, 3.8) is 0 Å². The first-order valence-corrected chi connectivity index (χ1v) is 5.99. The SMILES string of the molecule is COCCNCc1ccc2ccn(CC#N)c2c1. The first kappa shape index (κ1) is 12.6. The van der Waals surface area contributed by atoms with Crippen molar-refractivity contribution in [3.05, 3.63) is 36.0 Å². The average molecular weight is 243 g/mol. The van der Waals surface area contributed by atoms with E-state index in [1.54, 1.807) is 7.11 Å². The number of fused-ring (bicyclic) bond motifs is 1. The number of nitriles is 1. The molecule has 1 aromatic heterocycles. The van der Waals surface area contributed by atoms with Gasteiger partial charge in [0, 0.05) is 31.9 Å². The van der Waals surface area contributed by atoms with E-state index in [0.29, 0.717) is 13.2 Å². The van der Waals surface area contributed by atoms with Crippen LogP contribution in [-0.2, 0) is 17.8 Å². The molecule has 0 spiro atoms. The third kappa shape index (κ3) is 2.89. The van der Waals surface area contributed by atoms with E-state index in [1.165, 1.54) is 10.9 Å². The summed E-state index contributed by atoms with van der Waals surface area (Å²) in [7, 11) is 1.70. The molecule has 4 nitrogen and oxygen atoms in total. The van der Waals surface area contributed by atoms with Crippen LogP contribution in [0.2, 0.25) is 0 Å². The van der Waals surface area contributed by atoms with Crippen LogP contribution in [0.4, 0.5) is 0 Å². The predicted molar refractivity (Wildman–Crippen MR) is 71.1 cm³/mol. The monoisotopic (exact) mass is 243 g/mol. The van der Waals surface area contributed by atoms with E-state index in [1.807, 2.05) is 16.8 Å². The van der Waals surface area contributed by atoms with Crippen LogP contribution in [-0.4, -0.2) is 24.8 Å². The Bertz CT molecular complexity index is 554. The lowest BCUT2D eigenvalue weighted by Gasteiger charge is -2.06. The van der Waals surface area contributed by atoms with Gasteiger partial charge >= 0.3 is 0 Å². The van der Waals surface area contributed by atoms with Gasteiger partial charge in [-0.3, -0.25) is 0 Å². The van der Waals surface area contributed by atoms with Gasteiger partial charge in [0.2, 0.25) is 0 Å². The van der Waals surface area contributed by atoms with Crippen molar-refractivity contribution < 1.29 is 4.74 Å². The van der Waals surface area contributed by atoms with Crippen LogP contribution in [0.15, 0.2) is 30.5 Å². The smallest absolute Gasteiger partial charge is 0.110 e. The van der Waals surface area contributed by atoms with Gasteiger partial charge in [0.1, 0.15) is 6.54 Å². The minimum atomic E-state index is 0.393. The Balaban J connectivity index is 2.10. The van der Waals surface area contributed by atoms with Gasteiger partial charge in [0.05, 0.1) is 12.7 Å². The molecule has 4 heteroatoms. The second-order valence-corrected chi connectivity index (χ2v) is 4.16. The lowest BCUT2D eigenvalue weighted by atomic mass is 10.1. The maximum atomic E-state index is 8.77. The standard InChI is InChI=1S/C14H17N3O/c1-18-9-6-16-11-12-2-3-13-4-7-17(8-5-15)14(13)10-12/h2-4,7,10,16H,6,8-9,11H2,1H3. The molecule has 0 radical (unpaired) electrons.